The number of rotatable bonds is 2. The fourth-order valence-electron chi connectivity index (χ4n) is 0.839. The van der Waals surface area contributed by atoms with Gasteiger partial charge in [-0.25, -0.2) is 0 Å². The molecule has 5 heteroatoms. The molecule has 1 atom stereocenters. The molecule has 1 aliphatic heterocycles. The van der Waals surface area contributed by atoms with Crippen molar-refractivity contribution in [2.45, 2.75) is 18.9 Å². The summed E-state index contributed by atoms with van der Waals surface area (Å²) in [5, 5.41) is 3.29. The zero-order valence-corrected chi connectivity index (χ0v) is 5.36. The number of carbonyl (C=O) groups excluding carboxylic acids is 1. The van der Waals surface area contributed by atoms with Gasteiger partial charge in [0.2, 0.25) is 0 Å². The van der Waals surface area contributed by atoms with Gasteiger partial charge in [-0.3, -0.25) is 4.79 Å². The SMILES string of the molecule is [N-]=[N+]=NCC1CCC(=O)O1. The van der Waals surface area contributed by atoms with E-state index in [0.29, 0.717) is 12.8 Å². The van der Waals surface area contributed by atoms with Crippen molar-refractivity contribution in [1.82, 2.24) is 0 Å². The Hall–Kier alpha value is -1.22. The van der Waals surface area contributed by atoms with Crippen LogP contribution in [-0.2, 0) is 9.53 Å². The summed E-state index contributed by atoms with van der Waals surface area (Å²) in [6.07, 6.45) is 0.951. The molecular weight excluding hydrogens is 134 g/mol. The van der Waals surface area contributed by atoms with Gasteiger partial charge in [-0.15, -0.1) is 0 Å². The van der Waals surface area contributed by atoms with Crippen molar-refractivity contribution in [2.24, 2.45) is 5.11 Å². The standard InChI is InChI=1S/C5H7N3O2/c6-8-7-3-4-1-2-5(9)10-4/h4H,1-3H2. The lowest BCUT2D eigenvalue weighted by molar-refractivity contribution is -0.141. The summed E-state index contributed by atoms with van der Waals surface area (Å²) in [6.45, 7) is 0.266. The second-order valence-electron chi connectivity index (χ2n) is 2.06. The highest BCUT2D eigenvalue weighted by Gasteiger charge is 2.21. The van der Waals surface area contributed by atoms with Gasteiger partial charge in [0.1, 0.15) is 6.10 Å². The molecule has 0 radical (unpaired) electrons. The first-order valence-electron chi connectivity index (χ1n) is 3.03. The van der Waals surface area contributed by atoms with Crippen LogP contribution >= 0.6 is 0 Å². The van der Waals surface area contributed by atoms with Crippen LogP contribution in [0.25, 0.3) is 10.4 Å². The number of ether oxygens (including phenoxy) is 1. The van der Waals surface area contributed by atoms with Gasteiger partial charge < -0.3 is 4.74 Å². The van der Waals surface area contributed by atoms with Crippen molar-refractivity contribution in [1.29, 1.82) is 0 Å². The van der Waals surface area contributed by atoms with E-state index < -0.39 is 0 Å². The predicted octanol–water partition coefficient (Wildman–Crippen LogP) is 1.00. The maximum atomic E-state index is 10.5. The molecule has 1 rings (SSSR count). The Morgan fingerprint density at radius 2 is 2.70 bits per heavy atom. The minimum atomic E-state index is -0.196. The summed E-state index contributed by atoms with van der Waals surface area (Å²) >= 11 is 0. The average molecular weight is 141 g/mol. The first-order valence-corrected chi connectivity index (χ1v) is 3.03. The van der Waals surface area contributed by atoms with E-state index in [-0.39, 0.29) is 18.6 Å². The lowest BCUT2D eigenvalue weighted by Gasteiger charge is -2.01. The van der Waals surface area contributed by atoms with Gasteiger partial charge in [0.05, 0.1) is 6.54 Å². The van der Waals surface area contributed by atoms with Gasteiger partial charge in [-0.05, 0) is 12.0 Å². The number of nitrogens with zero attached hydrogens (tertiary/aromatic N) is 3. The maximum absolute atomic E-state index is 10.5. The monoisotopic (exact) mass is 141 g/mol. The minimum Gasteiger partial charge on any atom is -0.462 e. The van der Waals surface area contributed by atoms with E-state index in [1.807, 2.05) is 0 Å². The highest BCUT2D eigenvalue weighted by Crippen LogP contribution is 2.13. The number of hydrogen-bond donors (Lipinski definition) is 0. The van der Waals surface area contributed by atoms with Gasteiger partial charge in [-0.1, -0.05) is 5.11 Å². The van der Waals surface area contributed by atoms with Gasteiger partial charge in [-0.2, -0.15) is 0 Å². The molecule has 0 aliphatic carbocycles. The Morgan fingerprint density at radius 3 is 3.20 bits per heavy atom. The van der Waals surface area contributed by atoms with Crippen molar-refractivity contribution in [2.75, 3.05) is 6.54 Å². The second kappa shape index (κ2) is 3.08. The molecule has 1 unspecified atom stereocenters. The number of cyclic esters (lactones) is 1. The molecule has 0 amide bonds. The van der Waals surface area contributed by atoms with E-state index in [9.17, 15) is 4.79 Å². The van der Waals surface area contributed by atoms with E-state index in [1.165, 1.54) is 0 Å². The summed E-state index contributed by atoms with van der Waals surface area (Å²) < 4.78 is 4.76. The zero-order chi connectivity index (χ0) is 7.40. The molecule has 0 aromatic carbocycles. The normalized spacial score (nSPS) is 23.6. The van der Waals surface area contributed by atoms with Gasteiger partial charge in [0.25, 0.3) is 0 Å². The number of esters is 1. The van der Waals surface area contributed by atoms with E-state index in [2.05, 4.69) is 10.0 Å². The lowest BCUT2D eigenvalue weighted by atomic mass is 10.2. The molecule has 0 spiro atoms. The van der Waals surface area contributed by atoms with Crippen LogP contribution in [0.2, 0.25) is 0 Å². The van der Waals surface area contributed by atoms with E-state index in [0.717, 1.165) is 0 Å². The maximum Gasteiger partial charge on any atom is 0.306 e. The Morgan fingerprint density at radius 1 is 1.90 bits per heavy atom. The summed E-state index contributed by atoms with van der Waals surface area (Å²) in [6, 6.07) is 0. The predicted molar refractivity (Wildman–Crippen MR) is 33.1 cm³/mol. The van der Waals surface area contributed by atoms with Crippen LogP contribution in [0, 0.1) is 0 Å². The lowest BCUT2D eigenvalue weighted by Crippen LogP contribution is -2.09. The first-order chi connectivity index (χ1) is 4.83. The van der Waals surface area contributed by atoms with Crippen LogP contribution in [0.5, 0.6) is 0 Å². The van der Waals surface area contributed by atoms with Gasteiger partial charge >= 0.3 is 5.97 Å². The first kappa shape index (κ1) is 6.89. The molecule has 0 aromatic heterocycles. The van der Waals surface area contributed by atoms with Crippen molar-refractivity contribution < 1.29 is 9.53 Å². The molecule has 0 saturated carbocycles. The van der Waals surface area contributed by atoms with Crippen molar-refractivity contribution >= 4 is 5.97 Å². The van der Waals surface area contributed by atoms with Crippen molar-refractivity contribution in [3.05, 3.63) is 10.4 Å². The van der Waals surface area contributed by atoms with Crippen LogP contribution in [0.4, 0.5) is 0 Å². The number of azide groups is 1. The second-order valence-corrected chi connectivity index (χ2v) is 2.06. The third-order valence-electron chi connectivity index (χ3n) is 1.32. The van der Waals surface area contributed by atoms with Crippen LogP contribution in [-0.4, -0.2) is 18.6 Å². The summed E-state index contributed by atoms with van der Waals surface area (Å²) in [5.74, 6) is -0.196. The quantitative estimate of drug-likeness (QED) is 0.249. The van der Waals surface area contributed by atoms with Crippen LogP contribution in [0.3, 0.4) is 0 Å². The molecule has 0 aromatic rings. The summed E-state index contributed by atoms with van der Waals surface area (Å²) in [5.41, 5.74) is 7.91. The topological polar surface area (TPSA) is 75.1 Å². The van der Waals surface area contributed by atoms with Crippen molar-refractivity contribution in [3.8, 4) is 0 Å². The molecule has 0 N–H and O–H groups in total. The van der Waals surface area contributed by atoms with Crippen molar-refractivity contribution in [3.63, 3.8) is 0 Å². The Bertz CT molecular complexity index is 185. The molecule has 5 nitrogen and oxygen atoms in total. The number of carbonyl (C=O) groups is 1. The highest BCUT2D eigenvalue weighted by molar-refractivity contribution is 5.71. The van der Waals surface area contributed by atoms with E-state index in [1.54, 1.807) is 0 Å². The largest absolute Gasteiger partial charge is 0.462 e. The third-order valence-corrected chi connectivity index (χ3v) is 1.32. The summed E-state index contributed by atoms with van der Waals surface area (Å²) in [7, 11) is 0. The molecule has 1 heterocycles. The molecular formula is C5H7N3O2. The molecule has 54 valence electrons. The fourth-order valence-corrected chi connectivity index (χ4v) is 0.839. The molecule has 0 bridgehead atoms. The fraction of sp³-hybridized carbons (Fsp3) is 0.800. The molecule has 1 saturated heterocycles. The van der Waals surface area contributed by atoms with Gasteiger partial charge in [0.15, 0.2) is 0 Å². The molecule has 10 heavy (non-hydrogen) atoms. The highest BCUT2D eigenvalue weighted by atomic mass is 16.5. The molecule has 1 aliphatic rings. The Labute approximate surface area is 57.6 Å². The number of hydrogen-bond acceptors (Lipinski definition) is 3. The third kappa shape index (κ3) is 1.63. The smallest absolute Gasteiger partial charge is 0.306 e. The van der Waals surface area contributed by atoms with Crippen LogP contribution < -0.4 is 0 Å². The van der Waals surface area contributed by atoms with Crippen LogP contribution in [0.1, 0.15) is 12.8 Å². The van der Waals surface area contributed by atoms with E-state index in [4.69, 9.17) is 10.3 Å². The minimum absolute atomic E-state index is 0.177. The molecule has 1 fully saturated rings. The average Bonchev–Trinajstić information content (AvgIpc) is 2.31. The Balaban J connectivity index is 2.31. The summed E-state index contributed by atoms with van der Waals surface area (Å²) in [4.78, 5) is 13.0. The zero-order valence-electron chi connectivity index (χ0n) is 5.36. The Kier molecular flexibility index (Phi) is 2.12. The van der Waals surface area contributed by atoms with E-state index >= 15 is 0 Å². The van der Waals surface area contributed by atoms with Gasteiger partial charge in [0, 0.05) is 11.3 Å². The van der Waals surface area contributed by atoms with Crippen LogP contribution in [0.15, 0.2) is 5.11 Å².